The largest absolute Gasteiger partial charge is 0.504 e. The minimum atomic E-state index is -4.54. The molecule has 0 heterocycles. The summed E-state index contributed by atoms with van der Waals surface area (Å²) < 4.78 is 30.4. The van der Waals surface area contributed by atoms with Gasteiger partial charge >= 0.3 is 0 Å². The maximum absolute atomic E-state index is 10.8. The van der Waals surface area contributed by atoms with E-state index in [0.29, 0.717) is 5.56 Å². The molecule has 0 amide bonds. The Balaban J connectivity index is 3.63. The Morgan fingerprint density at radius 3 is 2.47 bits per heavy atom. The van der Waals surface area contributed by atoms with Crippen LogP contribution in [0.15, 0.2) is 22.0 Å². The molecule has 1 aromatic rings. The molecule has 0 aliphatic rings. The van der Waals surface area contributed by atoms with Gasteiger partial charge in [0.15, 0.2) is 5.75 Å². The van der Waals surface area contributed by atoms with Gasteiger partial charge < -0.3 is 5.11 Å². The van der Waals surface area contributed by atoms with Crippen LogP contribution in [-0.2, 0) is 14.9 Å². The third kappa shape index (κ3) is 2.41. The average Bonchev–Trinajstić information content (AvgIpc) is 2.09. The van der Waals surface area contributed by atoms with Crippen molar-refractivity contribution in [1.82, 2.24) is 0 Å². The van der Waals surface area contributed by atoms with Gasteiger partial charge in [-0.1, -0.05) is 0 Å². The highest BCUT2D eigenvalue weighted by Crippen LogP contribution is 2.34. The number of rotatable bonds is 2. The summed E-state index contributed by atoms with van der Waals surface area (Å²) in [7, 11) is -4.54. The molecule has 0 aliphatic heterocycles. The first-order valence-corrected chi connectivity index (χ1v) is 5.19. The number of isocyanates is 1. The van der Waals surface area contributed by atoms with Crippen LogP contribution in [-0.4, -0.2) is 24.2 Å². The van der Waals surface area contributed by atoms with Crippen molar-refractivity contribution in [2.75, 3.05) is 0 Å². The van der Waals surface area contributed by atoms with Crippen LogP contribution in [0.1, 0.15) is 5.56 Å². The van der Waals surface area contributed by atoms with Crippen molar-refractivity contribution in [1.29, 1.82) is 0 Å². The normalized spacial score (nSPS) is 10.8. The van der Waals surface area contributed by atoms with Crippen molar-refractivity contribution in [3.63, 3.8) is 0 Å². The molecule has 0 aliphatic carbocycles. The summed E-state index contributed by atoms with van der Waals surface area (Å²) in [5.41, 5.74) is 0.173. The van der Waals surface area contributed by atoms with Crippen LogP contribution in [0.2, 0.25) is 0 Å². The zero-order chi connectivity index (χ0) is 11.6. The Labute approximate surface area is 85.6 Å². The quantitative estimate of drug-likeness (QED) is 0.445. The van der Waals surface area contributed by atoms with Gasteiger partial charge in [0.25, 0.3) is 10.1 Å². The van der Waals surface area contributed by atoms with Crippen LogP contribution in [0, 0.1) is 6.92 Å². The van der Waals surface area contributed by atoms with Crippen molar-refractivity contribution in [2.24, 2.45) is 4.99 Å². The number of hydrogen-bond donors (Lipinski definition) is 2. The van der Waals surface area contributed by atoms with E-state index in [-0.39, 0.29) is 5.69 Å². The molecule has 80 valence electrons. The van der Waals surface area contributed by atoms with Gasteiger partial charge in [0.1, 0.15) is 10.6 Å². The van der Waals surface area contributed by atoms with Gasteiger partial charge in [-0.05, 0) is 24.6 Å². The van der Waals surface area contributed by atoms with Crippen molar-refractivity contribution < 1.29 is 22.9 Å². The van der Waals surface area contributed by atoms with Crippen molar-refractivity contribution in [3.8, 4) is 5.75 Å². The van der Waals surface area contributed by atoms with Crippen LogP contribution in [0.3, 0.4) is 0 Å². The van der Waals surface area contributed by atoms with Gasteiger partial charge in [-0.3, -0.25) is 4.55 Å². The highest BCUT2D eigenvalue weighted by Gasteiger charge is 2.18. The summed E-state index contributed by atoms with van der Waals surface area (Å²) in [6, 6.07) is 2.35. The fourth-order valence-corrected chi connectivity index (χ4v) is 1.74. The van der Waals surface area contributed by atoms with E-state index in [1.807, 2.05) is 0 Å². The van der Waals surface area contributed by atoms with E-state index in [1.165, 1.54) is 19.1 Å². The number of aliphatic imine (C=N–C) groups is 1. The second-order valence-corrected chi connectivity index (χ2v) is 4.20. The molecule has 0 radical (unpaired) electrons. The summed E-state index contributed by atoms with van der Waals surface area (Å²) in [4.78, 5) is 12.4. The van der Waals surface area contributed by atoms with Gasteiger partial charge in [-0.2, -0.15) is 13.4 Å². The summed E-state index contributed by atoms with van der Waals surface area (Å²) in [6.45, 7) is 1.53. The molecule has 0 aromatic heterocycles. The predicted octanol–water partition coefficient (Wildman–Crippen LogP) is 0.915. The molecule has 0 atom stereocenters. The number of carbonyl (C=O) groups excluding carboxylic acids is 1. The molecule has 15 heavy (non-hydrogen) atoms. The molecular formula is C8H7NO5S. The highest BCUT2D eigenvalue weighted by atomic mass is 32.2. The van der Waals surface area contributed by atoms with E-state index >= 15 is 0 Å². The smallest absolute Gasteiger partial charge is 0.298 e. The molecule has 6 nitrogen and oxygen atoms in total. The molecule has 0 fully saturated rings. The van der Waals surface area contributed by atoms with Gasteiger partial charge in [0.05, 0.1) is 0 Å². The standard InChI is InChI=1S/C8H7NO5S/c1-5-2-6(9-4-10)8(11)7(3-5)15(12,13)14/h2-3,11H,1H3,(H,12,13,14). The molecule has 1 aromatic carbocycles. The van der Waals surface area contributed by atoms with E-state index in [2.05, 4.69) is 4.99 Å². The first-order valence-electron chi connectivity index (χ1n) is 3.75. The SMILES string of the molecule is Cc1cc(N=C=O)c(O)c(S(=O)(=O)O)c1. The van der Waals surface area contributed by atoms with Crippen LogP contribution in [0.5, 0.6) is 5.75 Å². The van der Waals surface area contributed by atoms with Crippen molar-refractivity contribution in [3.05, 3.63) is 17.7 Å². The van der Waals surface area contributed by atoms with E-state index < -0.39 is 20.8 Å². The summed E-state index contributed by atoms with van der Waals surface area (Å²) in [6.07, 6.45) is 1.17. The lowest BCUT2D eigenvalue weighted by Crippen LogP contribution is -1.99. The van der Waals surface area contributed by atoms with Crippen LogP contribution >= 0.6 is 0 Å². The molecular weight excluding hydrogens is 222 g/mol. The second-order valence-electron chi connectivity index (χ2n) is 2.81. The fourth-order valence-electron chi connectivity index (χ4n) is 1.06. The Hall–Kier alpha value is -1.69. The molecule has 0 saturated carbocycles. The van der Waals surface area contributed by atoms with Gasteiger partial charge in [0.2, 0.25) is 6.08 Å². The third-order valence-electron chi connectivity index (χ3n) is 1.64. The van der Waals surface area contributed by atoms with Gasteiger partial charge in [-0.15, -0.1) is 0 Å². The number of hydrogen-bond acceptors (Lipinski definition) is 5. The molecule has 7 heteroatoms. The predicted molar refractivity (Wildman–Crippen MR) is 50.4 cm³/mol. The van der Waals surface area contributed by atoms with E-state index in [0.717, 1.165) is 6.07 Å². The number of benzene rings is 1. The minimum absolute atomic E-state index is 0.252. The average molecular weight is 229 g/mol. The lowest BCUT2D eigenvalue weighted by atomic mass is 10.2. The summed E-state index contributed by atoms with van der Waals surface area (Å²) in [5, 5.41) is 9.37. The lowest BCUT2D eigenvalue weighted by molar-refractivity contribution is 0.444. The zero-order valence-electron chi connectivity index (χ0n) is 7.63. The fraction of sp³-hybridized carbons (Fsp3) is 0.125. The molecule has 1 rings (SSSR count). The molecule has 2 N–H and O–H groups in total. The first-order chi connectivity index (χ1) is 6.86. The number of phenolic OH excluding ortho intramolecular Hbond substituents is 1. The lowest BCUT2D eigenvalue weighted by Gasteiger charge is -2.04. The molecule has 0 unspecified atom stereocenters. The summed E-state index contributed by atoms with van der Waals surface area (Å²) >= 11 is 0. The Morgan fingerprint density at radius 2 is 2.00 bits per heavy atom. The topological polar surface area (TPSA) is 104 Å². The van der Waals surface area contributed by atoms with Gasteiger partial charge in [0, 0.05) is 0 Å². The minimum Gasteiger partial charge on any atom is -0.504 e. The highest BCUT2D eigenvalue weighted by molar-refractivity contribution is 7.86. The number of aromatic hydroxyl groups is 1. The molecule has 0 bridgehead atoms. The molecule has 0 saturated heterocycles. The number of phenols is 1. The Morgan fingerprint density at radius 1 is 1.40 bits per heavy atom. The summed E-state index contributed by atoms with van der Waals surface area (Å²) in [5.74, 6) is -0.772. The van der Waals surface area contributed by atoms with Crippen molar-refractivity contribution in [2.45, 2.75) is 11.8 Å². The Kier molecular flexibility index (Phi) is 2.90. The maximum Gasteiger partial charge on any atom is 0.298 e. The monoisotopic (exact) mass is 229 g/mol. The Bertz CT molecular complexity index is 542. The van der Waals surface area contributed by atoms with Crippen molar-refractivity contribution >= 4 is 21.9 Å². The van der Waals surface area contributed by atoms with Crippen LogP contribution < -0.4 is 0 Å². The van der Waals surface area contributed by atoms with Gasteiger partial charge in [-0.25, -0.2) is 4.79 Å². The number of nitrogens with zero attached hydrogens (tertiary/aromatic N) is 1. The third-order valence-corrected chi connectivity index (χ3v) is 2.51. The number of aryl methyl sites for hydroxylation is 1. The van der Waals surface area contributed by atoms with Crippen LogP contribution in [0.4, 0.5) is 5.69 Å². The van der Waals surface area contributed by atoms with Crippen LogP contribution in [0.25, 0.3) is 0 Å². The van der Waals surface area contributed by atoms with E-state index in [9.17, 15) is 18.3 Å². The molecule has 0 spiro atoms. The second kappa shape index (κ2) is 3.82. The van der Waals surface area contributed by atoms with E-state index in [1.54, 1.807) is 0 Å². The zero-order valence-corrected chi connectivity index (χ0v) is 8.45. The van der Waals surface area contributed by atoms with E-state index in [4.69, 9.17) is 4.55 Å². The maximum atomic E-state index is 10.8. The first kappa shape index (κ1) is 11.4.